The van der Waals surface area contributed by atoms with Crippen LogP contribution in [0.4, 0.5) is 0 Å². The van der Waals surface area contributed by atoms with Crippen molar-refractivity contribution in [2.24, 2.45) is 0 Å². The Balaban J connectivity index is 3.11. The predicted molar refractivity (Wildman–Crippen MR) is 74.8 cm³/mol. The van der Waals surface area contributed by atoms with Gasteiger partial charge in [-0.2, -0.15) is 0 Å². The molecule has 0 saturated carbocycles. The van der Waals surface area contributed by atoms with Crippen LogP contribution in [-0.2, 0) is 28.5 Å². The molecular weight excluding hydrogens is 264 g/mol. The third kappa shape index (κ3) is 12.3. The Morgan fingerprint density at radius 1 is 0.900 bits per heavy atom. The van der Waals surface area contributed by atoms with E-state index in [1.807, 2.05) is 0 Å². The summed E-state index contributed by atoms with van der Waals surface area (Å²) in [4.78, 5) is 11.0. The van der Waals surface area contributed by atoms with Crippen molar-refractivity contribution in [3.63, 3.8) is 0 Å². The maximum atomic E-state index is 11.0. The number of carbonyl (C=O) groups is 1. The van der Waals surface area contributed by atoms with Crippen LogP contribution in [0.3, 0.4) is 0 Å². The van der Waals surface area contributed by atoms with Crippen molar-refractivity contribution in [1.29, 1.82) is 0 Å². The van der Waals surface area contributed by atoms with E-state index < -0.39 is 6.10 Å². The predicted octanol–water partition coefficient (Wildman–Crippen LogP) is 1.41. The average molecular weight is 292 g/mol. The van der Waals surface area contributed by atoms with E-state index in [0.29, 0.717) is 39.6 Å². The van der Waals surface area contributed by atoms with Crippen LogP contribution in [-0.4, -0.2) is 65.4 Å². The molecule has 0 aromatic carbocycles. The Bertz CT molecular complexity index is 222. The van der Waals surface area contributed by atoms with Gasteiger partial charge in [0.15, 0.2) is 6.10 Å². The normalized spacial score (nSPS) is 12.3. The van der Waals surface area contributed by atoms with Gasteiger partial charge < -0.3 is 23.7 Å². The third-order valence-corrected chi connectivity index (χ3v) is 2.51. The number of rotatable bonds is 14. The fourth-order valence-electron chi connectivity index (χ4n) is 1.31. The Morgan fingerprint density at radius 2 is 1.40 bits per heavy atom. The van der Waals surface area contributed by atoms with E-state index in [1.54, 1.807) is 6.92 Å². The van der Waals surface area contributed by atoms with E-state index in [-0.39, 0.29) is 5.97 Å². The van der Waals surface area contributed by atoms with Crippen LogP contribution in [0, 0.1) is 0 Å². The van der Waals surface area contributed by atoms with Gasteiger partial charge in [0.2, 0.25) is 0 Å². The monoisotopic (exact) mass is 292 g/mol. The molecule has 6 nitrogen and oxygen atoms in total. The Morgan fingerprint density at radius 3 is 1.90 bits per heavy atom. The lowest BCUT2D eigenvalue weighted by atomic mass is 10.4. The standard InChI is InChI=1S/C14H28O6/c1-4-5-6-17-7-8-18-9-10-19-11-12-20-13(2)14(15)16-3/h13H,4-12H2,1-3H3/t13-/m1/s1. The molecule has 0 fully saturated rings. The lowest BCUT2D eigenvalue weighted by Crippen LogP contribution is -2.24. The lowest BCUT2D eigenvalue weighted by Gasteiger charge is -2.11. The first-order valence-corrected chi connectivity index (χ1v) is 7.15. The first kappa shape index (κ1) is 19.3. The minimum atomic E-state index is -0.555. The second-order valence-corrected chi connectivity index (χ2v) is 4.23. The summed E-state index contributed by atoms with van der Waals surface area (Å²) in [6.07, 6.45) is 1.68. The molecule has 0 amide bonds. The number of esters is 1. The van der Waals surface area contributed by atoms with Crippen LogP contribution in [0.15, 0.2) is 0 Å². The summed E-state index contributed by atoms with van der Waals surface area (Å²) in [7, 11) is 1.34. The van der Waals surface area contributed by atoms with Crippen molar-refractivity contribution in [3.05, 3.63) is 0 Å². The van der Waals surface area contributed by atoms with Gasteiger partial charge in [-0.05, 0) is 13.3 Å². The number of methoxy groups -OCH3 is 1. The smallest absolute Gasteiger partial charge is 0.334 e. The van der Waals surface area contributed by atoms with Crippen molar-refractivity contribution in [3.8, 4) is 0 Å². The highest BCUT2D eigenvalue weighted by Crippen LogP contribution is 1.93. The van der Waals surface area contributed by atoms with Crippen LogP contribution in [0.5, 0.6) is 0 Å². The first-order valence-electron chi connectivity index (χ1n) is 7.15. The number of hydrogen-bond donors (Lipinski definition) is 0. The fourth-order valence-corrected chi connectivity index (χ4v) is 1.31. The van der Waals surface area contributed by atoms with E-state index in [9.17, 15) is 4.79 Å². The lowest BCUT2D eigenvalue weighted by molar-refractivity contribution is -0.153. The van der Waals surface area contributed by atoms with Gasteiger partial charge >= 0.3 is 5.97 Å². The van der Waals surface area contributed by atoms with Gasteiger partial charge in [0.1, 0.15) is 0 Å². The molecule has 0 radical (unpaired) electrons. The van der Waals surface area contributed by atoms with Crippen LogP contribution in [0.1, 0.15) is 26.7 Å². The van der Waals surface area contributed by atoms with Crippen molar-refractivity contribution in [1.82, 2.24) is 0 Å². The summed E-state index contributed by atoms with van der Waals surface area (Å²) in [6.45, 7) is 7.61. The molecule has 0 rings (SSSR count). The van der Waals surface area contributed by atoms with Crippen molar-refractivity contribution in [2.45, 2.75) is 32.8 Å². The molecule has 6 heteroatoms. The zero-order valence-electron chi connectivity index (χ0n) is 12.9. The second-order valence-electron chi connectivity index (χ2n) is 4.23. The SMILES string of the molecule is CCCCOCCOCCOCCO[C@H](C)C(=O)OC. The molecule has 0 spiro atoms. The maximum absolute atomic E-state index is 11.0. The zero-order valence-corrected chi connectivity index (χ0v) is 12.9. The van der Waals surface area contributed by atoms with Gasteiger partial charge in [-0.15, -0.1) is 0 Å². The molecule has 120 valence electrons. The molecule has 0 aliphatic rings. The topological polar surface area (TPSA) is 63.2 Å². The molecule has 0 aromatic heterocycles. The van der Waals surface area contributed by atoms with Crippen LogP contribution in [0.25, 0.3) is 0 Å². The highest BCUT2D eigenvalue weighted by Gasteiger charge is 2.12. The van der Waals surface area contributed by atoms with E-state index in [2.05, 4.69) is 11.7 Å². The molecule has 0 aliphatic heterocycles. The largest absolute Gasteiger partial charge is 0.467 e. The van der Waals surface area contributed by atoms with Crippen molar-refractivity contribution < 1.29 is 28.5 Å². The Hall–Kier alpha value is -0.690. The van der Waals surface area contributed by atoms with Crippen LogP contribution >= 0.6 is 0 Å². The summed E-state index contributed by atoms with van der Waals surface area (Å²) >= 11 is 0. The zero-order chi connectivity index (χ0) is 15.1. The second kappa shape index (κ2) is 14.7. The number of unbranched alkanes of at least 4 members (excludes halogenated alkanes) is 1. The van der Waals surface area contributed by atoms with Gasteiger partial charge in [0, 0.05) is 6.61 Å². The van der Waals surface area contributed by atoms with E-state index in [1.165, 1.54) is 7.11 Å². The molecule has 0 N–H and O–H groups in total. The van der Waals surface area contributed by atoms with E-state index in [0.717, 1.165) is 19.4 Å². The van der Waals surface area contributed by atoms with Crippen LogP contribution in [0.2, 0.25) is 0 Å². The number of carbonyl (C=O) groups excluding carboxylic acids is 1. The molecule has 1 atom stereocenters. The molecule has 0 unspecified atom stereocenters. The quantitative estimate of drug-likeness (QED) is 0.356. The highest BCUT2D eigenvalue weighted by atomic mass is 16.6. The minimum Gasteiger partial charge on any atom is -0.467 e. The maximum Gasteiger partial charge on any atom is 0.334 e. The van der Waals surface area contributed by atoms with Gasteiger partial charge in [0.05, 0.1) is 46.8 Å². The average Bonchev–Trinajstić information content (AvgIpc) is 2.47. The fraction of sp³-hybridized carbons (Fsp3) is 0.929. The summed E-state index contributed by atoms with van der Waals surface area (Å²) in [5.74, 6) is -0.378. The summed E-state index contributed by atoms with van der Waals surface area (Å²) in [6, 6.07) is 0. The van der Waals surface area contributed by atoms with Crippen molar-refractivity contribution in [2.75, 3.05) is 53.4 Å². The Labute approximate surface area is 121 Å². The molecule has 0 saturated heterocycles. The van der Waals surface area contributed by atoms with Gasteiger partial charge in [0.25, 0.3) is 0 Å². The number of hydrogen-bond acceptors (Lipinski definition) is 6. The van der Waals surface area contributed by atoms with E-state index >= 15 is 0 Å². The van der Waals surface area contributed by atoms with E-state index in [4.69, 9.17) is 18.9 Å². The summed E-state index contributed by atoms with van der Waals surface area (Å²) < 4.78 is 25.7. The highest BCUT2D eigenvalue weighted by molar-refractivity contribution is 5.73. The molecule has 0 aromatic rings. The van der Waals surface area contributed by atoms with Gasteiger partial charge in [-0.1, -0.05) is 13.3 Å². The van der Waals surface area contributed by atoms with Crippen LogP contribution < -0.4 is 0 Å². The summed E-state index contributed by atoms with van der Waals surface area (Å²) in [5.41, 5.74) is 0. The molecule has 20 heavy (non-hydrogen) atoms. The summed E-state index contributed by atoms with van der Waals surface area (Å²) in [5, 5.41) is 0. The number of ether oxygens (including phenoxy) is 5. The van der Waals surface area contributed by atoms with Gasteiger partial charge in [-0.3, -0.25) is 0 Å². The Kier molecular flexibility index (Phi) is 14.2. The molecular formula is C14H28O6. The third-order valence-electron chi connectivity index (χ3n) is 2.51. The molecule has 0 aliphatic carbocycles. The molecule has 0 heterocycles. The minimum absolute atomic E-state index is 0.358. The molecule has 0 bridgehead atoms. The van der Waals surface area contributed by atoms with Crippen molar-refractivity contribution >= 4 is 5.97 Å². The first-order chi connectivity index (χ1) is 9.72. The van der Waals surface area contributed by atoms with Gasteiger partial charge in [-0.25, -0.2) is 4.79 Å².